The molecule has 3 fully saturated rings. The first-order valence-electron chi connectivity index (χ1n) is 42.3. The summed E-state index contributed by atoms with van der Waals surface area (Å²) in [6, 6.07) is 11.1. The van der Waals surface area contributed by atoms with E-state index in [0.29, 0.717) is 51.7 Å². The molecule has 14 atom stereocenters. The Kier molecular flexibility index (Phi) is 36.0. The van der Waals surface area contributed by atoms with Crippen LogP contribution in [0.25, 0.3) is 10.9 Å². The Bertz CT molecular complexity index is 4820. The number of phenolic OH excluding ortho intramolecular Hbond substituents is 1. The van der Waals surface area contributed by atoms with Crippen molar-refractivity contribution in [2.75, 3.05) is 58.9 Å². The monoisotopic (exact) mass is 1770 g/mol. The van der Waals surface area contributed by atoms with E-state index in [-0.39, 0.29) is 101 Å². The Morgan fingerprint density at radius 3 is 1.71 bits per heavy atom. The molecule has 0 aliphatic carbocycles. The molecule has 3 aliphatic heterocycles. The number of para-hydroxylation sites is 1. The van der Waals surface area contributed by atoms with Gasteiger partial charge >= 0.3 is 5.97 Å². The number of H-pyrrole nitrogens is 1. The van der Waals surface area contributed by atoms with Crippen LogP contribution in [0.3, 0.4) is 0 Å². The maximum Gasteiger partial charge on any atom is 0.305 e. The number of rotatable bonds is 21. The Labute approximate surface area is 732 Å². The van der Waals surface area contributed by atoms with E-state index in [1.165, 1.54) is 50.3 Å². The Hall–Kier alpha value is -12.0. The first-order chi connectivity index (χ1) is 60.1. The summed E-state index contributed by atoms with van der Waals surface area (Å²) in [6.07, 6.45) is -2.36. The highest BCUT2D eigenvalue weighted by Gasteiger charge is 2.47. The number of fused-ring (bicyclic) bond motifs is 3. The number of hydrogen-bond acceptors (Lipinski definition) is 19. The van der Waals surface area contributed by atoms with E-state index in [2.05, 4.69) is 47.5 Å². The summed E-state index contributed by atoms with van der Waals surface area (Å²) in [7, 11) is 3.77. The molecule has 0 spiro atoms. The number of thioether (sulfide) groups is 1. The van der Waals surface area contributed by atoms with Crippen molar-refractivity contribution in [3.05, 3.63) is 173 Å². The lowest BCUT2D eigenvalue weighted by Gasteiger charge is -2.38. The van der Waals surface area contributed by atoms with Crippen LogP contribution in [0.1, 0.15) is 120 Å². The number of phenols is 1. The smallest absolute Gasteiger partial charge is 0.305 e. The minimum absolute atomic E-state index is 0.0184. The number of aromatic hydroxyl groups is 1. The minimum atomic E-state index is -1.99. The van der Waals surface area contributed by atoms with E-state index < -0.39 is 229 Å². The van der Waals surface area contributed by atoms with Gasteiger partial charge in [-0.3, -0.25) is 67.1 Å². The maximum absolute atomic E-state index is 15.6. The third kappa shape index (κ3) is 26.3. The molecule has 5 aromatic carbocycles. The van der Waals surface area contributed by atoms with Crippen molar-refractivity contribution >= 4 is 105 Å². The van der Waals surface area contributed by atoms with Gasteiger partial charge in [0.25, 0.3) is 0 Å². The Balaban J connectivity index is 1.10. The molecule has 33 nitrogen and oxygen atoms in total. The Morgan fingerprint density at radius 2 is 1.09 bits per heavy atom. The SMILES string of the molecule is CCCC[C@H]1C(=O)N2C[C@H](O)C[C@@H]2C(=O)N[C@@H](CC(=O)O)C(=O)N[C@@H](C(C)C)C(=O)N(C)[C@@H](Cc2ccccc2)C(=O)N[C@@H](CCCN)C(=O)N2CCC[C@@H]2C(=O)N[C@@H](Cc2c[nH]c3ccccc23)C(=O)N[C@@H](Cc2ccc(O)cc2)C(=O)N[C@@H](CCO)C(=O)N[C@H](C)CSCC(=O)N[C@@H](Cc2cc(F)c(F)c(F)c2)C(=O)N(C)[C@@H](Cc2ccccc2)C(=O)N1C. The molecule has 9 rings (SSSR count). The molecule has 4 heterocycles. The second-order valence-corrected chi connectivity index (χ2v) is 33.7. The average molecular weight is 1770 g/mol. The van der Waals surface area contributed by atoms with Gasteiger partial charge in [-0.25, -0.2) is 13.2 Å². The molecule has 3 saturated heterocycles. The molecular weight excluding hydrogens is 1660 g/mol. The molecule has 0 bridgehead atoms. The van der Waals surface area contributed by atoms with E-state index in [1.54, 1.807) is 119 Å². The van der Waals surface area contributed by atoms with Crippen molar-refractivity contribution in [2.45, 2.75) is 209 Å². The zero-order valence-corrected chi connectivity index (χ0v) is 72.3. The fraction of sp³-hybridized carbons (Fsp3) is 0.483. The second-order valence-electron chi connectivity index (χ2n) is 32.6. The van der Waals surface area contributed by atoms with Crippen LogP contribution in [-0.2, 0) is 99.2 Å². The van der Waals surface area contributed by atoms with Gasteiger partial charge in [-0.05, 0) is 116 Å². The van der Waals surface area contributed by atoms with E-state index in [4.69, 9.17) is 5.73 Å². The highest BCUT2D eigenvalue weighted by molar-refractivity contribution is 8.00. The van der Waals surface area contributed by atoms with Gasteiger partial charge in [-0.15, -0.1) is 11.8 Å². The van der Waals surface area contributed by atoms with Gasteiger partial charge in [0.15, 0.2) is 17.5 Å². The first-order valence-corrected chi connectivity index (χ1v) is 43.4. The number of nitrogens with one attached hydrogen (secondary N) is 9. The van der Waals surface area contributed by atoms with Crippen LogP contribution in [-0.4, -0.2) is 276 Å². The quantitative estimate of drug-likeness (QED) is 0.0460. The van der Waals surface area contributed by atoms with Crippen LogP contribution in [0.2, 0.25) is 0 Å². The van der Waals surface area contributed by atoms with E-state index >= 15 is 47.1 Å². The van der Waals surface area contributed by atoms with E-state index in [0.717, 1.165) is 31.4 Å². The number of carboxylic acid groups (broad SMARTS) is 1. The number of aromatic nitrogens is 1. The lowest BCUT2D eigenvalue weighted by molar-refractivity contribution is -0.152. The number of aliphatic carboxylic acids is 1. The summed E-state index contributed by atoms with van der Waals surface area (Å²) >= 11 is 0.932. The number of likely N-dealkylation sites (N-methyl/N-ethyl adjacent to an activating group) is 3. The summed E-state index contributed by atoms with van der Waals surface area (Å²) in [4.78, 5) is 217. The van der Waals surface area contributed by atoms with Crippen LogP contribution < -0.4 is 48.3 Å². The topological polar surface area (TPSA) is 474 Å². The number of carboxylic acids is 1. The molecule has 0 unspecified atom stereocenters. The number of aliphatic hydroxyl groups excluding tert-OH is 2. The molecule has 680 valence electrons. The first kappa shape index (κ1) is 97.8. The number of unbranched alkanes of at least 4 members (excludes halogenated alkanes) is 1. The van der Waals surface area contributed by atoms with Crippen molar-refractivity contribution in [1.29, 1.82) is 0 Å². The number of nitrogens with zero attached hydrogens (tertiary/aromatic N) is 5. The standard InChI is InChI=1S/C89H114F3N15O18S/c1-8-9-27-70-88(124)107-47-58(110)44-72(107)84(120)101-67(45-75(112)113)81(117)102-77(50(2)3)89(125)104(6)71(41-52-20-12-10-13-21-52)83(119)98-64(26-18-34-93)86(122)106-35-19-28-69(106)82(118)100-66(43-56-46-94-62-25-17-16-24-59(56)62)80(116)99-65(39-54-29-31-57(109)32-30-54)79(115)97-63(33-36-108)78(114)95-51(4)48-126-49-74(111)96-68(40-55-37-60(90)76(92)61(91)38-55)85(121)105(7)73(87(123)103(70)5)42-53-22-14-11-15-23-53/h10-17,20-25,29-32,37-38,46,50-51,58,63-73,77,94,108-110H,8-9,18-19,26-28,33-36,39-45,47-49,93H2,1-7H3,(H,95,114)(H,96,111)(H,97,115)(H,98,119)(H,99,116)(H,100,118)(H,101,120)(H,102,117)(H,112,113)/t51-,58-,63+,64+,65+,66+,67+,68+,69-,70+,71+,72-,73+,77+/m1/s1. The van der Waals surface area contributed by atoms with Crippen LogP contribution in [0.5, 0.6) is 5.75 Å². The fourth-order valence-electron chi connectivity index (χ4n) is 15.9. The maximum atomic E-state index is 15.6. The number of amides is 13. The number of hydrogen-bond donors (Lipinski definition) is 14. The molecule has 15 N–H and O–H groups in total. The fourth-order valence-corrected chi connectivity index (χ4v) is 16.7. The summed E-state index contributed by atoms with van der Waals surface area (Å²) in [5.41, 5.74) is 8.38. The highest BCUT2D eigenvalue weighted by atomic mass is 32.2. The van der Waals surface area contributed by atoms with Gasteiger partial charge in [0.2, 0.25) is 76.8 Å². The van der Waals surface area contributed by atoms with Crippen molar-refractivity contribution < 1.29 is 101 Å². The molecule has 126 heavy (non-hydrogen) atoms. The zero-order valence-electron chi connectivity index (χ0n) is 71.5. The predicted octanol–water partition coefficient (Wildman–Crippen LogP) is 2.33. The van der Waals surface area contributed by atoms with E-state index in [9.17, 15) is 53.6 Å². The third-order valence-corrected chi connectivity index (χ3v) is 24.1. The number of benzene rings is 5. The van der Waals surface area contributed by atoms with Gasteiger partial charge in [-0.1, -0.05) is 125 Å². The molecule has 0 radical (unpaired) electrons. The lowest BCUT2D eigenvalue weighted by Crippen LogP contribution is -2.62. The van der Waals surface area contributed by atoms with Crippen molar-refractivity contribution in [3.8, 4) is 5.75 Å². The number of aliphatic hydroxyl groups is 2. The largest absolute Gasteiger partial charge is 0.508 e. The van der Waals surface area contributed by atoms with Gasteiger partial charge in [0.1, 0.15) is 78.3 Å². The molecule has 37 heteroatoms. The number of aromatic amines is 1. The normalized spacial score (nSPS) is 24.9. The molecular formula is C89H114F3N15O18S. The lowest BCUT2D eigenvalue weighted by atomic mass is 9.98. The van der Waals surface area contributed by atoms with Crippen molar-refractivity contribution in [2.24, 2.45) is 11.7 Å². The van der Waals surface area contributed by atoms with Gasteiger partial charge in [0.05, 0.1) is 18.3 Å². The molecule has 3 aliphatic rings. The van der Waals surface area contributed by atoms with Crippen LogP contribution >= 0.6 is 11.8 Å². The second kappa shape index (κ2) is 46.3. The van der Waals surface area contributed by atoms with Crippen molar-refractivity contribution in [3.63, 3.8) is 0 Å². The van der Waals surface area contributed by atoms with E-state index in [1.807, 2.05) is 0 Å². The summed E-state index contributed by atoms with van der Waals surface area (Å²) < 4.78 is 44.7. The average Bonchev–Trinajstić information content (AvgIpc) is 1.37. The minimum Gasteiger partial charge on any atom is -0.508 e. The zero-order chi connectivity index (χ0) is 91.8. The van der Waals surface area contributed by atoms with Gasteiger partial charge in [-0.2, -0.15) is 0 Å². The van der Waals surface area contributed by atoms with Crippen LogP contribution in [0, 0.1) is 23.4 Å². The molecule has 13 amide bonds. The van der Waals surface area contributed by atoms with Gasteiger partial charge < -0.3 is 98.2 Å². The third-order valence-electron chi connectivity index (χ3n) is 22.8. The predicted molar refractivity (Wildman–Crippen MR) is 460 cm³/mol. The molecule has 6 aromatic rings. The summed E-state index contributed by atoms with van der Waals surface area (Å²) in [5.74, 6) is -20.2. The number of carbonyl (C=O) groups is 14. The van der Waals surface area contributed by atoms with Crippen LogP contribution in [0.15, 0.2) is 128 Å². The highest BCUT2D eigenvalue weighted by Crippen LogP contribution is 2.29. The number of halogens is 3. The van der Waals surface area contributed by atoms with Gasteiger partial charge in [0, 0.05) is 108 Å². The summed E-state index contributed by atoms with van der Waals surface area (Å²) in [6.45, 7) is 5.28. The van der Waals surface area contributed by atoms with Crippen molar-refractivity contribution in [1.82, 2.24) is 72.0 Å². The molecule has 1 aromatic heterocycles. The number of carbonyl (C=O) groups excluding carboxylic acids is 13. The summed E-state index contributed by atoms with van der Waals surface area (Å²) in [5, 5.41) is 64.6. The Morgan fingerprint density at radius 1 is 0.540 bits per heavy atom. The number of nitrogens with two attached hydrogens (primary N) is 1. The molecule has 0 saturated carbocycles. The van der Waals surface area contributed by atoms with Crippen LogP contribution in [0.4, 0.5) is 13.2 Å².